The summed E-state index contributed by atoms with van der Waals surface area (Å²) in [6, 6.07) is 3.18. The van der Waals surface area contributed by atoms with Gasteiger partial charge in [-0.3, -0.25) is 4.79 Å². The Hall–Kier alpha value is -1.12. The molecule has 1 fully saturated rings. The Morgan fingerprint density at radius 3 is 2.46 bits per heavy atom. The zero-order valence-corrected chi connectivity index (χ0v) is 16.0. The molecule has 0 aromatic carbocycles. The second-order valence-electron chi connectivity index (χ2n) is 6.67. The molecule has 0 saturated carbocycles. The summed E-state index contributed by atoms with van der Waals surface area (Å²) in [5, 5.41) is 0.596. The molecule has 0 N–H and O–H groups in total. The van der Waals surface area contributed by atoms with Crippen LogP contribution in [-0.2, 0) is 19.6 Å². The molecule has 1 saturated heterocycles. The van der Waals surface area contributed by atoms with Crippen molar-refractivity contribution < 1.29 is 17.9 Å². The maximum Gasteiger partial charge on any atom is 0.316 e. The van der Waals surface area contributed by atoms with Crippen molar-refractivity contribution in [2.75, 3.05) is 18.8 Å². The molecule has 0 atom stereocenters. The van der Waals surface area contributed by atoms with E-state index in [1.165, 1.54) is 22.3 Å². The minimum absolute atomic E-state index is 0.141. The van der Waals surface area contributed by atoms with Crippen LogP contribution in [0.15, 0.2) is 28.3 Å². The lowest BCUT2D eigenvalue weighted by Gasteiger charge is -2.25. The van der Waals surface area contributed by atoms with E-state index in [2.05, 4.69) is 4.98 Å². The SMILES string of the molecule is CC(C)(C)OC(=O)CSc1ccc(S(=O)(=O)N2CCCCC2)cn1. The highest BCUT2D eigenvalue weighted by Crippen LogP contribution is 2.22. The van der Waals surface area contributed by atoms with Crippen LogP contribution in [-0.4, -0.2) is 48.1 Å². The summed E-state index contributed by atoms with van der Waals surface area (Å²) in [6.07, 6.45) is 4.23. The van der Waals surface area contributed by atoms with Gasteiger partial charge in [-0.2, -0.15) is 4.31 Å². The van der Waals surface area contributed by atoms with Crippen molar-refractivity contribution in [1.29, 1.82) is 0 Å². The van der Waals surface area contributed by atoms with E-state index >= 15 is 0 Å². The summed E-state index contributed by atoms with van der Waals surface area (Å²) in [6.45, 7) is 6.57. The summed E-state index contributed by atoms with van der Waals surface area (Å²) in [5.74, 6) is -0.179. The second-order valence-corrected chi connectivity index (χ2v) is 9.61. The van der Waals surface area contributed by atoms with Gasteiger partial charge in [-0.1, -0.05) is 18.2 Å². The molecule has 1 aliphatic rings. The van der Waals surface area contributed by atoms with E-state index in [-0.39, 0.29) is 16.6 Å². The first-order chi connectivity index (χ1) is 11.2. The third-order valence-electron chi connectivity index (χ3n) is 3.42. The maximum absolute atomic E-state index is 12.5. The standard InChI is InChI=1S/C16H24N2O4S2/c1-16(2,3)22-15(19)12-23-14-8-7-13(11-17-14)24(20,21)18-9-5-4-6-10-18/h7-8,11H,4-6,9-10,12H2,1-3H3. The van der Waals surface area contributed by atoms with Crippen LogP contribution >= 0.6 is 11.8 Å². The zero-order valence-electron chi connectivity index (χ0n) is 14.3. The summed E-state index contributed by atoms with van der Waals surface area (Å²) in [4.78, 5) is 16.0. The molecular formula is C16H24N2O4S2. The van der Waals surface area contributed by atoms with E-state index in [1.54, 1.807) is 12.1 Å². The molecule has 0 amide bonds. The van der Waals surface area contributed by atoms with Crippen LogP contribution in [0.25, 0.3) is 0 Å². The van der Waals surface area contributed by atoms with Crippen molar-refractivity contribution in [2.24, 2.45) is 0 Å². The molecule has 1 aliphatic heterocycles. The summed E-state index contributed by atoms with van der Waals surface area (Å²) < 4.78 is 31.8. The Balaban J connectivity index is 1.96. The number of rotatable bonds is 5. The van der Waals surface area contributed by atoms with Crippen LogP contribution in [0.1, 0.15) is 40.0 Å². The fourth-order valence-electron chi connectivity index (χ4n) is 2.36. The molecule has 2 rings (SSSR count). The fraction of sp³-hybridized carbons (Fsp3) is 0.625. The van der Waals surface area contributed by atoms with Crippen molar-refractivity contribution in [3.8, 4) is 0 Å². The van der Waals surface area contributed by atoms with Crippen molar-refractivity contribution in [3.63, 3.8) is 0 Å². The van der Waals surface area contributed by atoms with Crippen LogP contribution in [0.2, 0.25) is 0 Å². The van der Waals surface area contributed by atoms with Crippen molar-refractivity contribution in [3.05, 3.63) is 18.3 Å². The monoisotopic (exact) mass is 372 g/mol. The first kappa shape index (κ1) is 19.2. The molecule has 0 spiro atoms. The second kappa shape index (κ2) is 7.84. The Bertz CT molecular complexity index is 660. The van der Waals surface area contributed by atoms with Crippen LogP contribution in [0, 0.1) is 0 Å². The molecule has 0 bridgehead atoms. The van der Waals surface area contributed by atoms with Crippen molar-refractivity contribution in [1.82, 2.24) is 9.29 Å². The smallest absolute Gasteiger partial charge is 0.316 e. The lowest BCUT2D eigenvalue weighted by Crippen LogP contribution is -2.35. The predicted octanol–water partition coefficient (Wildman–Crippen LogP) is 2.69. The molecule has 24 heavy (non-hydrogen) atoms. The Labute approximate surface area is 148 Å². The van der Waals surface area contributed by atoms with Crippen molar-refractivity contribution >= 4 is 27.8 Å². The van der Waals surface area contributed by atoms with Crippen LogP contribution < -0.4 is 0 Å². The van der Waals surface area contributed by atoms with E-state index in [4.69, 9.17) is 4.74 Å². The molecule has 1 aromatic heterocycles. The first-order valence-corrected chi connectivity index (χ1v) is 10.4. The number of ether oxygens (including phenoxy) is 1. The number of pyridine rings is 1. The van der Waals surface area contributed by atoms with Gasteiger partial charge in [-0.15, -0.1) is 0 Å². The summed E-state index contributed by atoms with van der Waals surface area (Å²) in [5.41, 5.74) is -0.516. The average molecular weight is 373 g/mol. The quantitative estimate of drug-likeness (QED) is 0.584. The van der Waals surface area contributed by atoms with E-state index < -0.39 is 15.6 Å². The van der Waals surface area contributed by atoms with Crippen molar-refractivity contribution in [2.45, 2.75) is 55.6 Å². The topological polar surface area (TPSA) is 76.6 Å². The minimum atomic E-state index is -3.46. The minimum Gasteiger partial charge on any atom is -0.459 e. The Morgan fingerprint density at radius 2 is 1.92 bits per heavy atom. The largest absolute Gasteiger partial charge is 0.459 e. The molecule has 0 aliphatic carbocycles. The fourth-order valence-corrected chi connectivity index (χ4v) is 4.44. The zero-order chi connectivity index (χ0) is 17.8. The molecule has 0 radical (unpaired) electrons. The van der Waals surface area contributed by atoms with Crippen LogP contribution in [0.4, 0.5) is 0 Å². The van der Waals surface area contributed by atoms with Crippen LogP contribution in [0.5, 0.6) is 0 Å². The van der Waals surface area contributed by atoms with Gasteiger partial charge < -0.3 is 4.74 Å². The number of sulfonamides is 1. The lowest BCUT2D eigenvalue weighted by atomic mass is 10.2. The van der Waals surface area contributed by atoms with E-state index in [0.717, 1.165) is 19.3 Å². The van der Waals surface area contributed by atoms with Gasteiger partial charge in [0.15, 0.2) is 0 Å². The maximum atomic E-state index is 12.5. The molecule has 1 aromatic rings. The molecule has 0 unspecified atom stereocenters. The molecule has 2 heterocycles. The van der Waals surface area contributed by atoms with Gasteiger partial charge in [0.1, 0.15) is 10.5 Å². The normalized spacial score (nSPS) is 16.8. The lowest BCUT2D eigenvalue weighted by molar-refractivity contribution is -0.151. The highest BCUT2D eigenvalue weighted by atomic mass is 32.2. The van der Waals surface area contributed by atoms with Gasteiger partial charge in [0.2, 0.25) is 10.0 Å². The number of thioether (sulfide) groups is 1. The van der Waals surface area contributed by atoms with Gasteiger partial charge in [0.05, 0.1) is 10.8 Å². The number of carbonyl (C=O) groups excluding carboxylic acids is 1. The first-order valence-electron chi connectivity index (χ1n) is 7.99. The number of nitrogens with zero attached hydrogens (tertiary/aromatic N) is 2. The van der Waals surface area contributed by atoms with Gasteiger partial charge >= 0.3 is 5.97 Å². The third kappa shape index (κ3) is 5.46. The van der Waals surface area contributed by atoms with Gasteiger partial charge in [-0.05, 0) is 45.7 Å². The van der Waals surface area contributed by atoms with Gasteiger partial charge in [0, 0.05) is 19.3 Å². The number of esters is 1. The molecule has 8 heteroatoms. The molecule has 6 nitrogen and oxygen atoms in total. The van der Waals surface area contributed by atoms with E-state index in [9.17, 15) is 13.2 Å². The molecule has 134 valence electrons. The number of aromatic nitrogens is 1. The third-order valence-corrected chi connectivity index (χ3v) is 6.22. The number of hydrogen-bond acceptors (Lipinski definition) is 6. The van der Waals surface area contributed by atoms with E-state index in [0.29, 0.717) is 18.1 Å². The number of carbonyl (C=O) groups is 1. The van der Waals surface area contributed by atoms with Gasteiger partial charge in [-0.25, -0.2) is 13.4 Å². The summed E-state index contributed by atoms with van der Waals surface area (Å²) >= 11 is 1.23. The average Bonchev–Trinajstić information content (AvgIpc) is 2.52. The van der Waals surface area contributed by atoms with Gasteiger partial charge in [0.25, 0.3) is 0 Å². The highest BCUT2D eigenvalue weighted by Gasteiger charge is 2.26. The molecular weight excluding hydrogens is 348 g/mol. The Kier molecular flexibility index (Phi) is 6.28. The van der Waals surface area contributed by atoms with E-state index in [1.807, 2.05) is 20.8 Å². The number of hydrogen-bond donors (Lipinski definition) is 0. The highest BCUT2D eigenvalue weighted by molar-refractivity contribution is 7.99. The Morgan fingerprint density at radius 1 is 1.25 bits per heavy atom. The summed E-state index contributed by atoms with van der Waals surface area (Å²) in [7, 11) is -3.46. The number of piperidine rings is 1. The van der Waals surface area contributed by atoms with Crippen LogP contribution in [0.3, 0.4) is 0 Å². The predicted molar refractivity (Wildman–Crippen MR) is 93.4 cm³/mol.